The van der Waals surface area contributed by atoms with Gasteiger partial charge in [0.15, 0.2) is 0 Å². The van der Waals surface area contributed by atoms with Crippen LogP contribution in [0.4, 0.5) is 0 Å². The van der Waals surface area contributed by atoms with E-state index in [2.05, 4.69) is 39.1 Å². The second kappa shape index (κ2) is 5.19. The molecule has 0 aliphatic rings. The quantitative estimate of drug-likeness (QED) is 0.896. The molecule has 4 heteroatoms. The van der Waals surface area contributed by atoms with Gasteiger partial charge in [0, 0.05) is 19.5 Å². The third-order valence-corrected chi connectivity index (χ3v) is 3.42. The van der Waals surface area contributed by atoms with Gasteiger partial charge in [-0.2, -0.15) is 5.26 Å². The molecule has 0 saturated heterocycles. The topological polar surface area (TPSA) is 53.6 Å². The van der Waals surface area contributed by atoms with Crippen LogP contribution in [0.5, 0.6) is 0 Å². The molecular weight excluding hydrogens is 224 g/mol. The minimum atomic E-state index is 0.219. The van der Waals surface area contributed by atoms with E-state index in [1.807, 2.05) is 21.0 Å². The number of nitrogens with zero attached hydrogens (tertiary/aromatic N) is 3. The van der Waals surface area contributed by atoms with Crippen LogP contribution in [0.3, 0.4) is 0 Å². The summed E-state index contributed by atoms with van der Waals surface area (Å²) in [5.74, 6) is 1.01. The van der Waals surface area contributed by atoms with Crippen molar-refractivity contribution in [3.63, 3.8) is 0 Å². The van der Waals surface area contributed by atoms with Crippen LogP contribution in [0, 0.1) is 18.3 Å². The second-order valence-electron chi connectivity index (χ2n) is 4.50. The van der Waals surface area contributed by atoms with E-state index in [1.54, 1.807) is 0 Å². The SMILES string of the molecule is CNC(CCC#N)c1ccc2c(c1)nc(C)n2C. The Morgan fingerprint density at radius 1 is 1.50 bits per heavy atom. The van der Waals surface area contributed by atoms with Gasteiger partial charge in [-0.05, 0) is 38.1 Å². The molecule has 1 atom stereocenters. The van der Waals surface area contributed by atoms with Gasteiger partial charge in [0.25, 0.3) is 0 Å². The maximum absolute atomic E-state index is 8.68. The zero-order valence-corrected chi connectivity index (χ0v) is 11.1. The van der Waals surface area contributed by atoms with E-state index >= 15 is 0 Å². The molecular formula is C14H18N4. The number of hydrogen-bond acceptors (Lipinski definition) is 3. The molecule has 18 heavy (non-hydrogen) atoms. The molecule has 1 heterocycles. The number of aromatic nitrogens is 2. The first-order valence-corrected chi connectivity index (χ1v) is 6.14. The van der Waals surface area contributed by atoms with Crippen molar-refractivity contribution in [3.05, 3.63) is 29.6 Å². The van der Waals surface area contributed by atoms with Gasteiger partial charge in [0.2, 0.25) is 0 Å². The van der Waals surface area contributed by atoms with Crippen LogP contribution >= 0.6 is 0 Å². The minimum absolute atomic E-state index is 0.219. The largest absolute Gasteiger partial charge is 0.331 e. The van der Waals surface area contributed by atoms with Crippen LogP contribution in [0.1, 0.15) is 30.3 Å². The minimum Gasteiger partial charge on any atom is -0.331 e. The Balaban J connectivity index is 2.37. The Labute approximate surface area is 107 Å². The van der Waals surface area contributed by atoms with Gasteiger partial charge in [0.05, 0.1) is 17.1 Å². The zero-order valence-electron chi connectivity index (χ0n) is 11.1. The highest BCUT2D eigenvalue weighted by molar-refractivity contribution is 5.76. The lowest BCUT2D eigenvalue weighted by Gasteiger charge is -2.14. The summed E-state index contributed by atoms with van der Waals surface area (Å²) in [4.78, 5) is 4.54. The number of aryl methyl sites for hydroxylation is 2. The van der Waals surface area contributed by atoms with Gasteiger partial charge in [-0.15, -0.1) is 0 Å². The van der Waals surface area contributed by atoms with E-state index in [9.17, 15) is 0 Å². The Hall–Kier alpha value is -1.86. The van der Waals surface area contributed by atoms with Crippen LogP contribution in [0.2, 0.25) is 0 Å². The van der Waals surface area contributed by atoms with E-state index in [1.165, 1.54) is 5.56 Å². The maximum Gasteiger partial charge on any atom is 0.106 e. The summed E-state index contributed by atoms with van der Waals surface area (Å²) in [5.41, 5.74) is 3.36. The second-order valence-corrected chi connectivity index (χ2v) is 4.50. The van der Waals surface area contributed by atoms with E-state index in [4.69, 9.17) is 5.26 Å². The van der Waals surface area contributed by atoms with Crippen LogP contribution in [-0.4, -0.2) is 16.6 Å². The van der Waals surface area contributed by atoms with Crippen molar-refractivity contribution < 1.29 is 0 Å². The number of nitrogens with one attached hydrogen (secondary N) is 1. The van der Waals surface area contributed by atoms with Crippen LogP contribution in [0.15, 0.2) is 18.2 Å². The third-order valence-electron chi connectivity index (χ3n) is 3.42. The summed E-state index contributed by atoms with van der Waals surface area (Å²) in [7, 11) is 3.95. The van der Waals surface area contributed by atoms with Crippen molar-refractivity contribution in [2.75, 3.05) is 7.05 Å². The number of benzene rings is 1. The van der Waals surface area contributed by atoms with Gasteiger partial charge >= 0.3 is 0 Å². The van der Waals surface area contributed by atoms with Crippen molar-refractivity contribution in [1.82, 2.24) is 14.9 Å². The summed E-state index contributed by atoms with van der Waals surface area (Å²) in [6.07, 6.45) is 1.38. The smallest absolute Gasteiger partial charge is 0.106 e. The average Bonchev–Trinajstić information content (AvgIpc) is 2.66. The molecule has 1 unspecified atom stereocenters. The molecule has 0 bridgehead atoms. The molecule has 0 aliphatic carbocycles. The van der Waals surface area contributed by atoms with Crippen LogP contribution in [0.25, 0.3) is 11.0 Å². The van der Waals surface area contributed by atoms with Gasteiger partial charge in [0.1, 0.15) is 5.82 Å². The van der Waals surface area contributed by atoms with Crippen LogP contribution < -0.4 is 5.32 Å². The number of hydrogen-bond donors (Lipinski definition) is 1. The highest BCUT2D eigenvalue weighted by atomic mass is 15.0. The first-order valence-electron chi connectivity index (χ1n) is 6.14. The van der Waals surface area contributed by atoms with Crippen molar-refractivity contribution in [2.45, 2.75) is 25.8 Å². The van der Waals surface area contributed by atoms with Gasteiger partial charge < -0.3 is 9.88 Å². The van der Waals surface area contributed by atoms with Gasteiger partial charge in [-0.3, -0.25) is 0 Å². The van der Waals surface area contributed by atoms with Crippen molar-refractivity contribution in [2.24, 2.45) is 7.05 Å². The Bertz CT molecular complexity index is 592. The first-order chi connectivity index (χ1) is 8.67. The van der Waals surface area contributed by atoms with Gasteiger partial charge in [-0.1, -0.05) is 6.07 Å². The fraction of sp³-hybridized carbons (Fsp3) is 0.429. The molecule has 0 spiro atoms. The number of imidazole rings is 1. The van der Waals surface area contributed by atoms with Crippen molar-refractivity contribution in [1.29, 1.82) is 5.26 Å². The van der Waals surface area contributed by atoms with Gasteiger partial charge in [-0.25, -0.2) is 4.98 Å². The highest BCUT2D eigenvalue weighted by Gasteiger charge is 2.11. The first kappa shape index (κ1) is 12.6. The predicted molar refractivity (Wildman–Crippen MR) is 72.1 cm³/mol. The lowest BCUT2D eigenvalue weighted by atomic mass is 10.0. The molecule has 2 aromatic rings. The van der Waals surface area contributed by atoms with Crippen molar-refractivity contribution >= 4 is 11.0 Å². The maximum atomic E-state index is 8.68. The van der Waals surface area contributed by atoms with E-state index in [0.717, 1.165) is 23.3 Å². The van der Waals surface area contributed by atoms with Crippen molar-refractivity contribution in [3.8, 4) is 6.07 Å². The van der Waals surface area contributed by atoms with E-state index < -0.39 is 0 Å². The Morgan fingerprint density at radius 3 is 2.94 bits per heavy atom. The van der Waals surface area contributed by atoms with E-state index in [0.29, 0.717) is 6.42 Å². The average molecular weight is 242 g/mol. The summed E-state index contributed by atoms with van der Waals surface area (Å²) >= 11 is 0. The molecule has 0 radical (unpaired) electrons. The molecule has 2 rings (SSSR count). The molecule has 0 aliphatic heterocycles. The number of rotatable bonds is 4. The molecule has 1 aromatic heterocycles. The molecule has 0 saturated carbocycles. The van der Waals surface area contributed by atoms with Crippen LogP contribution in [-0.2, 0) is 7.05 Å². The Morgan fingerprint density at radius 2 is 2.28 bits per heavy atom. The lowest BCUT2D eigenvalue weighted by Crippen LogP contribution is -2.16. The third kappa shape index (κ3) is 2.22. The standard InChI is InChI=1S/C14H18N4/c1-10-17-13-9-11(6-7-14(13)18(10)3)12(16-2)5-4-8-15/h6-7,9,12,16H,4-5H2,1-3H3. The monoisotopic (exact) mass is 242 g/mol. The molecule has 1 N–H and O–H groups in total. The molecule has 1 aromatic carbocycles. The fourth-order valence-electron chi connectivity index (χ4n) is 2.24. The number of nitriles is 1. The number of fused-ring (bicyclic) bond motifs is 1. The lowest BCUT2D eigenvalue weighted by molar-refractivity contribution is 0.557. The zero-order chi connectivity index (χ0) is 13.1. The molecule has 94 valence electrons. The highest BCUT2D eigenvalue weighted by Crippen LogP contribution is 2.23. The molecule has 0 amide bonds. The van der Waals surface area contributed by atoms with E-state index in [-0.39, 0.29) is 6.04 Å². The normalized spacial score (nSPS) is 12.6. The predicted octanol–water partition coefficient (Wildman–Crippen LogP) is 2.45. The molecule has 0 fully saturated rings. The summed E-state index contributed by atoms with van der Waals surface area (Å²) < 4.78 is 2.09. The fourth-order valence-corrected chi connectivity index (χ4v) is 2.24. The summed E-state index contributed by atoms with van der Waals surface area (Å²) in [5, 5.41) is 11.9. The summed E-state index contributed by atoms with van der Waals surface area (Å²) in [6, 6.07) is 8.74. The Kier molecular flexibility index (Phi) is 3.63. The summed E-state index contributed by atoms with van der Waals surface area (Å²) in [6.45, 7) is 2.00. The molecule has 4 nitrogen and oxygen atoms in total.